The molecule has 4 fully saturated rings. The molecule has 30 heavy (non-hydrogen) atoms. The molecule has 1 unspecified atom stereocenters. The summed E-state index contributed by atoms with van der Waals surface area (Å²) in [4.78, 5) is 22.7. The van der Waals surface area contributed by atoms with Crippen molar-refractivity contribution >= 4 is 11.7 Å². The number of aromatic nitrogens is 2. The predicted octanol–water partition coefficient (Wildman–Crippen LogP) is 0.670. The highest BCUT2D eigenvalue weighted by Gasteiger charge is 2.53. The molecule has 0 spiro atoms. The third kappa shape index (κ3) is 3.48. The first-order chi connectivity index (χ1) is 14.5. The molecule has 164 valence electrons. The smallest absolute Gasteiger partial charge is 0.242 e. The number of rotatable bonds is 6. The van der Waals surface area contributed by atoms with Crippen LogP contribution in [0.5, 0.6) is 0 Å². The van der Waals surface area contributed by atoms with Crippen LogP contribution in [0.4, 0.5) is 5.82 Å². The van der Waals surface area contributed by atoms with Gasteiger partial charge in [0.05, 0.1) is 24.9 Å². The Balaban J connectivity index is 1.25. The number of anilines is 1. The topological polar surface area (TPSA) is 125 Å². The lowest BCUT2D eigenvalue weighted by Crippen LogP contribution is -2.53. The van der Waals surface area contributed by atoms with Crippen LogP contribution in [0.3, 0.4) is 0 Å². The average molecular weight is 416 g/mol. The lowest BCUT2D eigenvalue weighted by Gasteiger charge is -2.58. The molecule has 0 saturated heterocycles. The second-order valence-corrected chi connectivity index (χ2v) is 10.1. The Hall–Kier alpha value is -1.77. The van der Waals surface area contributed by atoms with Crippen molar-refractivity contribution in [1.29, 1.82) is 0 Å². The third-order valence-corrected chi connectivity index (χ3v) is 8.09. The lowest BCUT2D eigenvalue weighted by atomic mass is 9.48. The summed E-state index contributed by atoms with van der Waals surface area (Å²) in [6.07, 6.45) is 9.41. The molecule has 1 aliphatic heterocycles. The van der Waals surface area contributed by atoms with Crippen molar-refractivity contribution < 1.29 is 15.0 Å². The highest BCUT2D eigenvalue weighted by atomic mass is 16.3. The Bertz CT molecular complexity index is 781. The number of hydrogen-bond donors (Lipinski definition) is 4. The summed E-state index contributed by atoms with van der Waals surface area (Å²) in [6.45, 7) is 1.05. The van der Waals surface area contributed by atoms with Gasteiger partial charge >= 0.3 is 0 Å². The van der Waals surface area contributed by atoms with Gasteiger partial charge in [-0.05, 0) is 68.1 Å². The Labute approximate surface area is 177 Å². The van der Waals surface area contributed by atoms with Gasteiger partial charge in [0.2, 0.25) is 5.91 Å². The summed E-state index contributed by atoms with van der Waals surface area (Å²) >= 11 is 0. The molecule has 0 radical (unpaired) electrons. The van der Waals surface area contributed by atoms with Gasteiger partial charge < -0.3 is 26.2 Å². The number of nitrogens with zero attached hydrogens (tertiary/aromatic N) is 3. The van der Waals surface area contributed by atoms with Gasteiger partial charge in [-0.2, -0.15) is 0 Å². The minimum absolute atomic E-state index is 0.0818. The van der Waals surface area contributed by atoms with Crippen molar-refractivity contribution in [3.8, 4) is 0 Å². The van der Waals surface area contributed by atoms with Gasteiger partial charge in [-0.25, -0.2) is 9.97 Å². The number of carbonyl (C=O) groups excluding carboxylic acids is 1. The van der Waals surface area contributed by atoms with Gasteiger partial charge in [0.1, 0.15) is 18.2 Å². The van der Waals surface area contributed by atoms with Crippen molar-refractivity contribution in [1.82, 2.24) is 14.9 Å². The largest absolute Gasteiger partial charge is 0.394 e. The fraction of sp³-hybridized carbons (Fsp3) is 0.773. The molecule has 5 N–H and O–H groups in total. The summed E-state index contributed by atoms with van der Waals surface area (Å²) in [5, 5.41) is 23.7. The number of aliphatic hydroxyl groups is 2. The summed E-state index contributed by atoms with van der Waals surface area (Å²) < 4.78 is 0. The van der Waals surface area contributed by atoms with Crippen LogP contribution in [-0.4, -0.2) is 62.8 Å². The van der Waals surface area contributed by atoms with Crippen LogP contribution in [-0.2, 0) is 17.8 Å². The summed E-state index contributed by atoms with van der Waals surface area (Å²) in [7, 11) is 0. The van der Waals surface area contributed by atoms with Crippen LogP contribution in [0.15, 0.2) is 6.33 Å². The quantitative estimate of drug-likeness (QED) is 0.538. The Morgan fingerprint density at radius 1 is 1.23 bits per heavy atom. The van der Waals surface area contributed by atoms with E-state index in [9.17, 15) is 9.90 Å². The summed E-state index contributed by atoms with van der Waals surface area (Å²) in [5.74, 6) is 2.94. The van der Waals surface area contributed by atoms with E-state index in [2.05, 4.69) is 15.3 Å². The van der Waals surface area contributed by atoms with E-state index in [0.717, 1.165) is 34.8 Å². The fourth-order valence-electron chi connectivity index (χ4n) is 7.00. The van der Waals surface area contributed by atoms with Crippen LogP contribution in [0.1, 0.15) is 49.8 Å². The second-order valence-electron chi connectivity index (χ2n) is 10.1. The molecule has 0 aromatic carbocycles. The highest BCUT2D eigenvalue weighted by Crippen LogP contribution is 2.61. The zero-order valence-corrected chi connectivity index (χ0v) is 17.5. The van der Waals surface area contributed by atoms with E-state index >= 15 is 0 Å². The van der Waals surface area contributed by atoms with Gasteiger partial charge in [0.15, 0.2) is 0 Å². The zero-order valence-electron chi connectivity index (χ0n) is 17.5. The molecule has 1 amide bonds. The molecule has 8 heteroatoms. The normalized spacial score (nSPS) is 33.8. The van der Waals surface area contributed by atoms with Crippen LogP contribution in [0.25, 0.3) is 0 Å². The van der Waals surface area contributed by atoms with Crippen molar-refractivity contribution in [3.63, 3.8) is 0 Å². The number of fused-ring (bicyclic) bond motifs is 1. The molecule has 4 aliphatic carbocycles. The molecular weight excluding hydrogens is 382 g/mol. The van der Waals surface area contributed by atoms with Crippen LogP contribution >= 0.6 is 0 Å². The monoisotopic (exact) mass is 415 g/mol. The van der Waals surface area contributed by atoms with E-state index in [4.69, 9.17) is 10.8 Å². The van der Waals surface area contributed by atoms with E-state index in [1.54, 1.807) is 4.90 Å². The van der Waals surface area contributed by atoms with Crippen LogP contribution < -0.4 is 11.1 Å². The number of hydrogen-bond acceptors (Lipinski definition) is 7. The average Bonchev–Trinajstić information content (AvgIpc) is 2.75. The van der Waals surface area contributed by atoms with Gasteiger partial charge in [-0.15, -0.1) is 0 Å². The predicted molar refractivity (Wildman–Crippen MR) is 111 cm³/mol. The number of nitrogens with two attached hydrogens (primary N) is 1. The van der Waals surface area contributed by atoms with E-state index in [-0.39, 0.29) is 24.0 Å². The summed E-state index contributed by atoms with van der Waals surface area (Å²) in [6, 6.07) is -0.888. The molecule has 8 nitrogen and oxygen atoms in total. The maximum Gasteiger partial charge on any atom is 0.242 e. The van der Waals surface area contributed by atoms with Gasteiger partial charge in [0, 0.05) is 18.7 Å². The number of amides is 1. The highest BCUT2D eigenvalue weighted by molar-refractivity contribution is 5.82. The van der Waals surface area contributed by atoms with E-state index in [0.29, 0.717) is 26.1 Å². The fourth-order valence-corrected chi connectivity index (χ4v) is 7.00. The maximum atomic E-state index is 12.3. The van der Waals surface area contributed by atoms with Crippen LogP contribution in [0.2, 0.25) is 0 Å². The molecule has 2 atom stereocenters. The first-order valence-electron chi connectivity index (χ1n) is 11.4. The lowest BCUT2D eigenvalue weighted by molar-refractivity contribution is -0.134. The first-order valence-corrected chi connectivity index (χ1v) is 11.4. The maximum absolute atomic E-state index is 12.3. The second kappa shape index (κ2) is 7.73. The Morgan fingerprint density at radius 2 is 1.90 bits per heavy atom. The van der Waals surface area contributed by atoms with Crippen LogP contribution in [0, 0.1) is 23.2 Å². The molecule has 1 aromatic rings. The molecule has 5 aliphatic rings. The zero-order chi connectivity index (χ0) is 20.9. The molecule has 6 rings (SSSR count). The third-order valence-electron chi connectivity index (χ3n) is 8.09. The molecule has 4 saturated carbocycles. The number of aliphatic hydroxyl groups excluding tert-OH is 2. The summed E-state index contributed by atoms with van der Waals surface area (Å²) in [5.41, 5.74) is 7.59. The van der Waals surface area contributed by atoms with Gasteiger partial charge in [-0.3, -0.25) is 4.79 Å². The SMILES string of the molecule is NC(CO)C(=O)N1CCc2c(ncnc2NC[C@@H](O)C23CC4CC(CC(C4)C2)C3)C1. The molecular formula is C22H33N5O3. The minimum atomic E-state index is -0.888. The van der Waals surface area contributed by atoms with E-state index in [1.165, 1.54) is 44.9 Å². The standard InChI is InChI=1S/C22H33N5O3/c23-17(11-28)21(30)27-2-1-16-18(10-27)25-12-26-20(16)24-9-19(29)22-6-13-3-14(7-22)5-15(4-13)8-22/h12-15,17,19,28-29H,1-11,23H2,(H,24,25,26)/t13?,14?,15?,17?,19-,22?/m1/s1. The molecule has 1 aromatic heterocycles. The van der Waals surface area contributed by atoms with Gasteiger partial charge in [-0.1, -0.05) is 0 Å². The van der Waals surface area contributed by atoms with E-state index < -0.39 is 6.04 Å². The van der Waals surface area contributed by atoms with E-state index in [1.807, 2.05) is 0 Å². The van der Waals surface area contributed by atoms with Crippen molar-refractivity contribution in [2.24, 2.45) is 28.9 Å². The van der Waals surface area contributed by atoms with Gasteiger partial charge in [0.25, 0.3) is 0 Å². The van der Waals surface area contributed by atoms with Crippen molar-refractivity contribution in [2.75, 3.05) is 25.0 Å². The number of carbonyl (C=O) groups is 1. The molecule has 2 heterocycles. The molecule has 4 bridgehead atoms. The van der Waals surface area contributed by atoms with Crippen molar-refractivity contribution in [3.05, 3.63) is 17.6 Å². The Morgan fingerprint density at radius 3 is 2.53 bits per heavy atom. The Kier molecular flexibility index (Phi) is 5.19. The van der Waals surface area contributed by atoms with Crippen molar-refractivity contribution in [2.45, 2.75) is 63.6 Å². The minimum Gasteiger partial charge on any atom is -0.394 e. The first kappa shape index (κ1) is 20.2. The number of nitrogens with one attached hydrogen (secondary N) is 1.